The highest BCUT2D eigenvalue weighted by Crippen LogP contribution is 2.24. The Hall–Kier alpha value is -2.39. The van der Waals surface area contributed by atoms with E-state index in [1.807, 2.05) is 0 Å². The molecule has 1 fully saturated rings. The van der Waals surface area contributed by atoms with Crippen molar-refractivity contribution in [1.82, 2.24) is 14.3 Å². The van der Waals surface area contributed by atoms with Gasteiger partial charge in [0, 0.05) is 24.7 Å². The molecule has 25 heavy (non-hydrogen) atoms. The zero-order valence-electron chi connectivity index (χ0n) is 13.8. The summed E-state index contributed by atoms with van der Waals surface area (Å²) < 4.78 is 31.3. The summed E-state index contributed by atoms with van der Waals surface area (Å²) in [5.74, 6) is 0.411. The summed E-state index contributed by atoms with van der Waals surface area (Å²) in [6, 6.07) is 7.09. The van der Waals surface area contributed by atoms with Crippen LogP contribution in [0.25, 0.3) is 0 Å². The molecule has 0 radical (unpaired) electrons. The first-order valence-electron chi connectivity index (χ1n) is 7.94. The number of aromatic nitrogens is 2. The lowest BCUT2D eigenvalue weighted by Gasteiger charge is -2.30. The number of amides is 1. The zero-order chi connectivity index (χ0) is 17.9. The number of rotatable bonds is 5. The number of H-pyrrole nitrogens is 1. The summed E-state index contributed by atoms with van der Waals surface area (Å²) in [6.45, 7) is 0.615. The van der Waals surface area contributed by atoms with Crippen molar-refractivity contribution in [3.8, 4) is 5.75 Å². The van der Waals surface area contributed by atoms with Crippen LogP contribution in [0.15, 0.2) is 41.8 Å². The van der Waals surface area contributed by atoms with Gasteiger partial charge in [0.25, 0.3) is 10.0 Å². The van der Waals surface area contributed by atoms with Gasteiger partial charge in [-0.25, -0.2) is 13.4 Å². The highest BCUT2D eigenvalue weighted by atomic mass is 32.2. The van der Waals surface area contributed by atoms with Crippen LogP contribution in [0.2, 0.25) is 0 Å². The number of sulfonamides is 1. The van der Waals surface area contributed by atoms with Crippen LogP contribution in [0.3, 0.4) is 0 Å². The van der Waals surface area contributed by atoms with Gasteiger partial charge in [-0.15, -0.1) is 0 Å². The predicted octanol–water partition coefficient (Wildman–Crippen LogP) is 1.46. The smallest absolute Gasteiger partial charge is 0.260 e. The standard InChI is InChI=1S/C16H20N4O4S/c1-24-14-4-2-13(3-5-14)19-16(21)12-6-8-20(9-7-12)25(22,23)15-10-17-11-18-15/h2-5,10-12H,6-9H2,1H3,(H,17,18)(H,19,21). The van der Waals surface area contributed by atoms with Gasteiger partial charge in [-0.2, -0.15) is 4.31 Å². The molecular weight excluding hydrogens is 344 g/mol. The average Bonchev–Trinajstić information content (AvgIpc) is 3.18. The second-order valence-electron chi connectivity index (χ2n) is 5.81. The Balaban J connectivity index is 1.57. The van der Waals surface area contributed by atoms with Gasteiger partial charge in [0.2, 0.25) is 5.91 Å². The van der Waals surface area contributed by atoms with Crippen LogP contribution in [0.4, 0.5) is 5.69 Å². The largest absolute Gasteiger partial charge is 0.497 e. The van der Waals surface area contributed by atoms with Crippen LogP contribution < -0.4 is 10.1 Å². The van der Waals surface area contributed by atoms with Crippen LogP contribution in [0.5, 0.6) is 5.75 Å². The van der Waals surface area contributed by atoms with Crippen LogP contribution in [-0.2, 0) is 14.8 Å². The van der Waals surface area contributed by atoms with Crippen molar-refractivity contribution < 1.29 is 17.9 Å². The normalized spacial score (nSPS) is 16.5. The van der Waals surface area contributed by atoms with Crippen molar-refractivity contribution in [2.45, 2.75) is 17.9 Å². The molecule has 9 heteroatoms. The molecule has 0 spiro atoms. The Kier molecular flexibility index (Phi) is 5.05. The fraction of sp³-hybridized carbons (Fsp3) is 0.375. The van der Waals surface area contributed by atoms with Crippen LogP contribution in [0, 0.1) is 5.92 Å². The lowest BCUT2D eigenvalue weighted by atomic mass is 9.97. The topological polar surface area (TPSA) is 104 Å². The first-order valence-corrected chi connectivity index (χ1v) is 9.38. The summed E-state index contributed by atoms with van der Waals surface area (Å²) >= 11 is 0. The molecule has 1 aliphatic heterocycles. The summed E-state index contributed by atoms with van der Waals surface area (Å²) in [5.41, 5.74) is 0.693. The van der Waals surface area contributed by atoms with Crippen molar-refractivity contribution in [2.75, 3.05) is 25.5 Å². The molecule has 1 aromatic heterocycles. The van der Waals surface area contributed by atoms with E-state index in [0.717, 1.165) is 5.75 Å². The van der Waals surface area contributed by atoms with Crippen molar-refractivity contribution in [1.29, 1.82) is 0 Å². The van der Waals surface area contributed by atoms with E-state index in [1.54, 1.807) is 31.4 Å². The second-order valence-corrected chi connectivity index (χ2v) is 7.72. The Morgan fingerprint density at radius 1 is 1.28 bits per heavy atom. The van der Waals surface area contributed by atoms with E-state index in [1.165, 1.54) is 16.8 Å². The van der Waals surface area contributed by atoms with Crippen molar-refractivity contribution >= 4 is 21.6 Å². The SMILES string of the molecule is COc1ccc(NC(=O)C2CCN(S(=O)(=O)c3cnc[nH]3)CC2)cc1. The molecule has 8 nitrogen and oxygen atoms in total. The van der Waals surface area contributed by atoms with Crippen LogP contribution >= 0.6 is 0 Å². The number of methoxy groups -OCH3 is 1. The number of piperidine rings is 1. The summed E-state index contributed by atoms with van der Waals surface area (Å²) in [7, 11) is -1.98. The predicted molar refractivity (Wildman–Crippen MR) is 91.7 cm³/mol. The van der Waals surface area contributed by atoms with Gasteiger partial charge in [-0.3, -0.25) is 4.79 Å². The lowest BCUT2D eigenvalue weighted by molar-refractivity contribution is -0.120. The number of ether oxygens (including phenoxy) is 1. The van der Waals surface area contributed by atoms with E-state index < -0.39 is 10.0 Å². The monoisotopic (exact) mass is 364 g/mol. The van der Waals surface area contributed by atoms with Gasteiger partial charge in [-0.1, -0.05) is 0 Å². The summed E-state index contributed by atoms with van der Waals surface area (Å²) in [5, 5.41) is 2.94. The first kappa shape index (κ1) is 17.4. The number of benzene rings is 1. The number of aromatic amines is 1. The van der Waals surface area contributed by atoms with E-state index in [0.29, 0.717) is 31.6 Å². The highest BCUT2D eigenvalue weighted by Gasteiger charge is 2.32. The van der Waals surface area contributed by atoms with Gasteiger partial charge >= 0.3 is 0 Å². The number of hydrogen-bond donors (Lipinski definition) is 2. The number of carbonyl (C=O) groups is 1. The third kappa shape index (κ3) is 3.83. The van der Waals surface area contributed by atoms with E-state index in [-0.39, 0.29) is 16.9 Å². The Morgan fingerprint density at radius 2 is 1.96 bits per heavy atom. The minimum Gasteiger partial charge on any atom is -0.497 e. The number of imidazole rings is 1. The molecule has 2 aromatic rings. The first-order chi connectivity index (χ1) is 12.0. The molecule has 3 rings (SSSR count). The molecule has 2 heterocycles. The lowest BCUT2D eigenvalue weighted by Crippen LogP contribution is -2.41. The maximum atomic E-state index is 12.4. The van der Waals surface area contributed by atoms with Crippen molar-refractivity contribution in [2.24, 2.45) is 5.92 Å². The molecule has 1 aromatic carbocycles. The molecule has 1 amide bonds. The number of anilines is 1. The Labute approximate surface area is 146 Å². The number of nitrogens with one attached hydrogen (secondary N) is 2. The molecule has 1 saturated heterocycles. The van der Waals surface area contributed by atoms with E-state index in [2.05, 4.69) is 15.3 Å². The maximum absolute atomic E-state index is 12.4. The number of nitrogens with zero attached hydrogens (tertiary/aromatic N) is 2. The molecule has 0 atom stereocenters. The molecule has 0 unspecified atom stereocenters. The molecule has 2 N–H and O–H groups in total. The minimum atomic E-state index is -3.56. The van der Waals surface area contributed by atoms with Gasteiger partial charge in [0.1, 0.15) is 5.75 Å². The fourth-order valence-corrected chi connectivity index (χ4v) is 4.17. The maximum Gasteiger partial charge on any atom is 0.260 e. The van der Waals surface area contributed by atoms with Gasteiger partial charge in [0.15, 0.2) is 5.03 Å². The summed E-state index contributed by atoms with van der Waals surface area (Å²) in [4.78, 5) is 18.8. The van der Waals surface area contributed by atoms with Gasteiger partial charge in [-0.05, 0) is 37.1 Å². The summed E-state index contributed by atoms with van der Waals surface area (Å²) in [6.07, 6.45) is 3.59. The third-order valence-corrected chi connectivity index (χ3v) is 6.10. The molecule has 134 valence electrons. The van der Waals surface area contributed by atoms with Crippen molar-refractivity contribution in [3.05, 3.63) is 36.8 Å². The van der Waals surface area contributed by atoms with E-state index in [4.69, 9.17) is 4.74 Å². The number of hydrogen-bond acceptors (Lipinski definition) is 5. The molecular formula is C16H20N4O4S. The average molecular weight is 364 g/mol. The highest BCUT2D eigenvalue weighted by molar-refractivity contribution is 7.89. The molecule has 0 bridgehead atoms. The molecule has 0 aliphatic carbocycles. The zero-order valence-corrected chi connectivity index (χ0v) is 14.6. The Bertz CT molecular complexity index is 810. The minimum absolute atomic E-state index is 0.0774. The number of carbonyl (C=O) groups excluding carboxylic acids is 1. The quantitative estimate of drug-likeness (QED) is 0.836. The Morgan fingerprint density at radius 3 is 2.52 bits per heavy atom. The van der Waals surface area contributed by atoms with Gasteiger partial charge < -0.3 is 15.0 Å². The van der Waals surface area contributed by atoms with Crippen LogP contribution in [0.1, 0.15) is 12.8 Å². The van der Waals surface area contributed by atoms with Crippen molar-refractivity contribution in [3.63, 3.8) is 0 Å². The van der Waals surface area contributed by atoms with Gasteiger partial charge in [0.05, 0.1) is 19.6 Å². The molecule has 1 aliphatic rings. The second kappa shape index (κ2) is 7.24. The third-order valence-electron chi connectivity index (χ3n) is 4.27. The van der Waals surface area contributed by atoms with Crippen LogP contribution in [-0.4, -0.2) is 48.8 Å². The van der Waals surface area contributed by atoms with E-state index >= 15 is 0 Å². The fourth-order valence-electron chi connectivity index (χ4n) is 2.80. The molecule has 0 saturated carbocycles. The van der Waals surface area contributed by atoms with E-state index in [9.17, 15) is 13.2 Å².